The second kappa shape index (κ2) is 6.23. The quantitative estimate of drug-likeness (QED) is 0.862. The van der Waals surface area contributed by atoms with Crippen molar-refractivity contribution in [2.24, 2.45) is 5.73 Å². The van der Waals surface area contributed by atoms with Crippen LogP contribution in [-0.2, 0) is 9.53 Å². The van der Waals surface area contributed by atoms with Crippen molar-refractivity contribution in [3.8, 4) is 0 Å². The average Bonchev–Trinajstić information content (AvgIpc) is 2.89. The Morgan fingerprint density at radius 2 is 2.14 bits per heavy atom. The number of thioether (sulfide) groups is 1. The fraction of sp³-hybridized carbons (Fsp3) is 0.533. The summed E-state index contributed by atoms with van der Waals surface area (Å²) in [6.07, 6.45) is 0.290. The van der Waals surface area contributed by atoms with Crippen molar-refractivity contribution in [3.63, 3.8) is 0 Å². The summed E-state index contributed by atoms with van der Waals surface area (Å²) in [6, 6.07) is 5.09. The molecule has 2 saturated heterocycles. The van der Waals surface area contributed by atoms with E-state index in [0.717, 1.165) is 24.6 Å². The molecular formula is C15H19FN2O2S. The minimum atomic E-state index is -0.390. The van der Waals surface area contributed by atoms with Gasteiger partial charge in [0.25, 0.3) is 0 Å². The fourth-order valence-electron chi connectivity index (χ4n) is 2.87. The predicted octanol–water partition coefficient (Wildman–Crippen LogP) is 1.74. The maximum atomic E-state index is 14.4. The molecule has 0 radical (unpaired) electrons. The molecule has 0 bridgehead atoms. The molecule has 114 valence electrons. The van der Waals surface area contributed by atoms with Gasteiger partial charge in [0.2, 0.25) is 0 Å². The summed E-state index contributed by atoms with van der Waals surface area (Å²) in [7, 11) is 0. The molecule has 2 aliphatic heterocycles. The first-order chi connectivity index (χ1) is 10.2. The molecule has 3 rings (SSSR count). The SMILES string of the molecule is NC[C@H]1C[C@@H](c2ccc(N3CCSCC3)c(F)c2)C(=O)O1. The number of halogens is 1. The Balaban J connectivity index is 1.79. The molecule has 1 aromatic rings. The van der Waals surface area contributed by atoms with Gasteiger partial charge in [-0.1, -0.05) is 6.07 Å². The van der Waals surface area contributed by atoms with Crippen LogP contribution < -0.4 is 10.6 Å². The zero-order valence-corrected chi connectivity index (χ0v) is 12.6. The van der Waals surface area contributed by atoms with Crippen LogP contribution in [0.4, 0.5) is 10.1 Å². The van der Waals surface area contributed by atoms with E-state index in [9.17, 15) is 9.18 Å². The Labute approximate surface area is 127 Å². The Hall–Kier alpha value is -1.27. The van der Waals surface area contributed by atoms with E-state index in [2.05, 4.69) is 4.90 Å². The minimum absolute atomic E-state index is 0.246. The van der Waals surface area contributed by atoms with Crippen LogP contribution in [0.15, 0.2) is 18.2 Å². The third-order valence-electron chi connectivity index (χ3n) is 4.05. The number of carbonyl (C=O) groups is 1. The highest BCUT2D eigenvalue weighted by Crippen LogP contribution is 2.33. The lowest BCUT2D eigenvalue weighted by Gasteiger charge is -2.29. The summed E-state index contributed by atoms with van der Waals surface area (Å²) >= 11 is 1.89. The number of ether oxygens (including phenoxy) is 1. The van der Waals surface area contributed by atoms with Gasteiger partial charge in [-0.15, -0.1) is 0 Å². The summed E-state index contributed by atoms with van der Waals surface area (Å²) in [5.41, 5.74) is 6.84. The Kier molecular flexibility index (Phi) is 4.35. The van der Waals surface area contributed by atoms with Crippen molar-refractivity contribution >= 4 is 23.4 Å². The molecule has 0 aliphatic carbocycles. The highest BCUT2D eigenvalue weighted by atomic mass is 32.2. The monoisotopic (exact) mass is 310 g/mol. The first kappa shape index (κ1) is 14.7. The van der Waals surface area contributed by atoms with Crippen LogP contribution in [0.1, 0.15) is 17.9 Å². The topological polar surface area (TPSA) is 55.6 Å². The standard InChI is InChI=1S/C15H19FN2O2S/c16-13-7-10(12-8-11(9-17)20-15(12)19)1-2-14(13)18-3-5-21-6-4-18/h1-2,7,11-12H,3-6,8-9,17H2/t11-,12+/m1/s1. The molecule has 2 atom stereocenters. The summed E-state index contributed by atoms with van der Waals surface area (Å²) in [4.78, 5) is 13.9. The number of anilines is 1. The van der Waals surface area contributed by atoms with Crippen LogP contribution in [0.3, 0.4) is 0 Å². The lowest BCUT2D eigenvalue weighted by atomic mass is 9.95. The van der Waals surface area contributed by atoms with Crippen molar-refractivity contribution in [3.05, 3.63) is 29.6 Å². The number of nitrogens with two attached hydrogens (primary N) is 1. The zero-order valence-electron chi connectivity index (χ0n) is 11.8. The second-order valence-electron chi connectivity index (χ2n) is 5.39. The molecule has 4 nitrogen and oxygen atoms in total. The van der Waals surface area contributed by atoms with Gasteiger partial charge in [-0.05, 0) is 17.7 Å². The van der Waals surface area contributed by atoms with Crippen molar-refractivity contribution in [1.82, 2.24) is 0 Å². The number of benzene rings is 1. The Morgan fingerprint density at radius 3 is 2.76 bits per heavy atom. The lowest BCUT2D eigenvalue weighted by molar-refractivity contribution is -0.142. The van der Waals surface area contributed by atoms with Gasteiger partial charge in [0, 0.05) is 37.6 Å². The first-order valence-corrected chi connectivity index (χ1v) is 8.37. The van der Waals surface area contributed by atoms with Gasteiger partial charge < -0.3 is 15.4 Å². The highest BCUT2D eigenvalue weighted by Gasteiger charge is 2.35. The molecule has 1 aromatic carbocycles. The largest absolute Gasteiger partial charge is 0.461 e. The predicted molar refractivity (Wildman–Crippen MR) is 82.2 cm³/mol. The molecule has 0 saturated carbocycles. The van der Waals surface area contributed by atoms with Gasteiger partial charge in [0.05, 0.1) is 11.6 Å². The van der Waals surface area contributed by atoms with Gasteiger partial charge >= 0.3 is 5.97 Å². The van der Waals surface area contributed by atoms with E-state index in [0.29, 0.717) is 24.2 Å². The number of hydrogen-bond acceptors (Lipinski definition) is 5. The van der Waals surface area contributed by atoms with Gasteiger partial charge in [0.15, 0.2) is 0 Å². The minimum Gasteiger partial charge on any atom is -0.461 e. The van der Waals surface area contributed by atoms with Crippen molar-refractivity contribution in [2.75, 3.05) is 36.0 Å². The Bertz CT molecular complexity index is 534. The first-order valence-electron chi connectivity index (χ1n) is 7.21. The van der Waals surface area contributed by atoms with Gasteiger partial charge in [-0.2, -0.15) is 11.8 Å². The summed E-state index contributed by atoms with van der Waals surface area (Å²) in [5, 5.41) is 0. The van der Waals surface area contributed by atoms with E-state index in [4.69, 9.17) is 10.5 Å². The van der Waals surface area contributed by atoms with E-state index >= 15 is 0 Å². The van der Waals surface area contributed by atoms with Crippen molar-refractivity contribution in [1.29, 1.82) is 0 Å². The normalized spacial score (nSPS) is 26.0. The highest BCUT2D eigenvalue weighted by molar-refractivity contribution is 7.99. The second-order valence-corrected chi connectivity index (χ2v) is 6.62. The summed E-state index contributed by atoms with van der Waals surface area (Å²) in [5.74, 6) is 1.09. The molecule has 0 spiro atoms. The number of nitrogens with zero attached hydrogens (tertiary/aromatic N) is 1. The van der Waals surface area contributed by atoms with Gasteiger partial charge in [0.1, 0.15) is 11.9 Å². The number of hydrogen-bond donors (Lipinski definition) is 1. The maximum absolute atomic E-state index is 14.4. The number of esters is 1. The summed E-state index contributed by atoms with van der Waals surface area (Å²) < 4.78 is 19.5. The molecule has 21 heavy (non-hydrogen) atoms. The fourth-order valence-corrected chi connectivity index (χ4v) is 3.77. The van der Waals surface area contributed by atoms with Gasteiger partial charge in [-0.25, -0.2) is 4.39 Å². The average molecular weight is 310 g/mol. The van der Waals surface area contributed by atoms with E-state index in [1.165, 1.54) is 6.07 Å². The van der Waals surface area contributed by atoms with Gasteiger partial charge in [-0.3, -0.25) is 4.79 Å². The van der Waals surface area contributed by atoms with E-state index in [1.807, 2.05) is 17.8 Å². The van der Waals surface area contributed by atoms with Crippen molar-refractivity contribution in [2.45, 2.75) is 18.4 Å². The zero-order chi connectivity index (χ0) is 14.8. The van der Waals surface area contributed by atoms with E-state index < -0.39 is 0 Å². The van der Waals surface area contributed by atoms with Crippen LogP contribution in [0.5, 0.6) is 0 Å². The third-order valence-corrected chi connectivity index (χ3v) is 5.00. The molecule has 2 aliphatic rings. The van der Waals surface area contributed by atoms with Crippen LogP contribution in [0.25, 0.3) is 0 Å². The lowest BCUT2D eigenvalue weighted by Crippen LogP contribution is -2.33. The molecule has 2 heterocycles. The number of cyclic esters (lactones) is 1. The van der Waals surface area contributed by atoms with Crippen LogP contribution >= 0.6 is 11.8 Å². The number of carbonyl (C=O) groups excluding carboxylic acids is 1. The molecule has 2 fully saturated rings. The molecule has 2 N–H and O–H groups in total. The molecular weight excluding hydrogens is 291 g/mol. The molecule has 0 aromatic heterocycles. The van der Waals surface area contributed by atoms with E-state index in [-0.39, 0.29) is 23.8 Å². The smallest absolute Gasteiger partial charge is 0.313 e. The molecule has 0 amide bonds. The Morgan fingerprint density at radius 1 is 1.38 bits per heavy atom. The molecule has 6 heteroatoms. The van der Waals surface area contributed by atoms with E-state index in [1.54, 1.807) is 6.07 Å². The van der Waals surface area contributed by atoms with Crippen molar-refractivity contribution < 1.29 is 13.9 Å². The van der Waals surface area contributed by atoms with Crippen LogP contribution in [0, 0.1) is 5.82 Å². The van der Waals surface area contributed by atoms with Crippen LogP contribution in [-0.4, -0.2) is 43.2 Å². The summed E-state index contributed by atoms with van der Waals surface area (Å²) in [6.45, 7) is 2.04. The third kappa shape index (κ3) is 3.01. The molecule has 0 unspecified atom stereocenters. The van der Waals surface area contributed by atoms with Crippen LogP contribution in [0.2, 0.25) is 0 Å². The maximum Gasteiger partial charge on any atom is 0.313 e. The number of rotatable bonds is 3.